The first-order chi connectivity index (χ1) is 13.1. The molecule has 1 amide bonds. The summed E-state index contributed by atoms with van der Waals surface area (Å²) in [6.45, 7) is 6.76. The first-order valence-corrected chi connectivity index (χ1v) is 10.6. The van der Waals surface area contributed by atoms with Crippen molar-refractivity contribution in [2.24, 2.45) is 5.92 Å². The molecule has 148 valence electrons. The van der Waals surface area contributed by atoms with Gasteiger partial charge in [-0.2, -0.15) is 0 Å². The number of carbonyl (C=O) groups is 1. The second kappa shape index (κ2) is 8.27. The molecule has 0 bridgehead atoms. The monoisotopic (exact) mass is 373 g/mol. The molecule has 3 aliphatic rings. The molecule has 0 unspecified atom stereocenters. The van der Waals surface area contributed by atoms with Crippen LogP contribution >= 0.6 is 0 Å². The van der Waals surface area contributed by atoms with Crippen LogP contribution in [0.2, 0.25) is 0 Å². The highest BCUT2D eigenvalue weighted by Gasteiger charge is 2.33. The maximum atomic E-state index is 14.0. The third-order valence-corrected chi connectivity index (χ3v) is 6.42. The Kier molecular flexibility index (Phi) is 5.79. The van der Waals surface area contributed by atoms with Gasteiger partial charge < -0.3 is 5.32 Å². The number of aryl methyl sites for hydroxylation is 1. The molecular weight excluding hydrogens is 341 g/mol. The lowest BCUT2D eigenvalue weighted by Gasteiger charge is -2.42. The lowest BCUT2D eigenvalue weighted by Crippen LogP contribution is -2.50. The summed E-state index contributed by atoms with van der Waals surface area (Å²) in [5, 5.41) is 3.18. The molecule has 1 atom stereocenters. The highest BCUT2D eigenvalue weighted by Crippen LogP contribution is 2.26. The molecule has 1 aromatic rings. The molecule has 2 saturated heterocycles. The van der Waals surface area contributed by atoms with Crippen LogP contribution in [0.1, 0.15) is 49.7 Å². The summed E-state index contributed by atoms with van der Waals surface area (Å²) in [7, 11) is 0. The molecule has 4 rings (SSSR count). The van der Waals surface area contributed by atoms with E-state index in [4.69, 9.17) is 0 Å². The van der Waals surface area contributed by atoms with E-state index >= 15 is 0 Å². The molecule has 0 spiro atoms. The fourth-order valence-corrected chi connectivity index (χ4v) is 4.61. The van der Waals surface area contributed by atoms with Gasteiger partial charge in [-0.3, -0.25) is 14.6 Å². The number of nitrogens with one attached hydrogen (secondary N) is 1. The average Bonchev–Trinajstić information content (AvgIpc) is 3.49. The van der Waals surface area contributed by atoms with Crippen molar-refractivity contribution in [2.75, 3.05) is 26.2 Å². The topological polar surface area (TPSA) is 35.6 Å². The van der Waals surface area contributed by atoms with Crippen LogP contribution in [0.15, 0.2) is 18.2 Å². The molecular formula is C22H32FN3O. The van der Waals surface area contributed by atoms with Crippen LogP contribution < -0.4 is 5.32 Å². The van der Waals surface area contributed by atoms with Gasteiger partial charge in [-0.25, -0.2) is 4.39 Å². The molecule has 1 saturated carbocycles. The van der Waals surface area contributed by atoms with Gasteiger partial charge in [-0.05, 0) is 71.1 Å². The largest absolute Gasteiger partial charge is 0.353 e. The number of hydrogen-bond acceptors (Lipinski definition) is 3. The quantitative estimate of drug-likeness (QED) is 0.862. The van der Waals surface area contributed by atoms with E-state index < -0.39 is 0 Å². The van der Waals surface area contributed by atoms with E-state index in [1.807, 2.05) is 19.1 Å². The second-order valence-corrected chi connectivity index (χ2v) is 8.72. The molecule has 0 radical (unpaired) electrons. The summed E-state index contributed by atoms with van der Waals surface area (Å²) in [5.41, 5.74) is 1.92. The number of halogens is 1. The number of carbonyl (C=O) groups excluding carboxylic acids is 1. The van der Waals surface area contributed by atoms with Crippen molar-refractivity contribution in [3.8, 4) is 0 Å². The minimum absolute atomic E-state index is 0.0942. The van der Waals surface area contributed by atoms with Crippen molar-refractivity contribution >= 4 is 5.91 Å². The Balaban J connectivity index is 1.27. The van der Waals surface area contributed by atoms with Crippen molar-refractivity contribution in [1.82, 2.24) is 15.1 Å². The third-order valence-electron chi connectivity index (χ3n) is 6.42. The number of likely N-dealkylation sites (tertiary alicyclic amines) is 2. The zero-order chi connectivity index (χ0) is 18.8. The Labute approximate surface area is 162 Å². The van der Waals surface area contributed by atoms with Crippen LogP contribution in [-0.4, -0.2) is 54.0 Å². The Hall–Kier alpha value is -1.46. The summed E-state index contributed by atoms with van der Waals surface area (Å²) in [6, 6.07) is 6.41. The lowest BCUT2D eigenvalue weighted by atomic mass is 9.93. The van der Waals surface area contributed by atoms with Crippen molar-refractivity contribution in [3.63, 3.8) is 0 Å². The first kappa shape index (κ1) is 18.9. The molecule has 3 fully saturated rings. The standard InChI is InChI=1S/C22H32FN3O/c1-16-4-7-21(23)18(13-16)14-25-11-8-20(9-12-25)26-10-2-3-17(15-26)22(27)24-19-5-6-19/h4,7,13,17,19-20H,2-3,5-6,8-12,14-15H2,1H3,(H,24,27)/t17-/m1/s1. The van der Waals surface area contributed by atoms with E-state index in [1.54, 1.807) is 6.07 Å². The summed E-state index contributed by atoms with van der Waals surface area (Å²) in [5.74, 6) is 0.344. The van der Waals surface area contributed by atoms with Crippen molar-refractivity contribution in [3.05, 3.63) is 35.1 Å². The summed E-state index contributed by atoms with van der Waals surface area (Å²) < 4.78 is 14.0. The number of amides is 1. The van der Waals surface area contributed by atoms with Crippen molar-refractivity contribution in [1.29, 1.82) is 0 Å². The van der Waals surface area contributed by atoms with Gasteiger partial charge in [0.25, 0.3) is 0 Å². The van der Waals surface area contributed by atoms with E-state index in [0.717, 1.165) is 75.8 Å². The minimum Gasteiger partial charge on any atom is -0.353 e. The molecule has 0 aromatic heterocycles. The smallest absolute Gasteiger partial charge is 0.224 e. The zero-order valence-corrected chi connectivity index (χ0v) is 16.4. The highest BCUT2D eigenvalue weighted by molar-refractivity contribution is 5.79. The predicted molar refractivity (Wildman–Crippen MR) is 105 cm³/mol. The van der Waals surface area contributed by atoms with Crippen molar-refractivity contribution in [2.45, 2.75) is 64.1 Å². The fraction of sp³-hybridized carbons (Fsp3) is 0.682. The minimum atomic E-state index is -0.0942. The van der Waals surface area contributed by atoms with Crippen LogP contribution in [-0.2, 0) is 11.3 Å². The van der Waals surface area contributed by atoms with Gasteiger partial charge in [-0.1, -0.05) is 17.7 Å². The normalized spacial score (nSPS) is 25.5. The fourth-order valence-electron chi connectivity index (χ4n) is 4.61. The van der Waals surface area contributed by atoms with Gasteiger partial charge >= 0.3 is 0 Å². The average molecular weight is 374 g/mol. The number of benzene rings is 1. The van der Waals surface area contributed by atoms with E-state index in [2.05, 4.69) is 15.1 Å². The molecule has 1 aromatic carbocycles. The van der Waals surface area contributed by atoms with Gasteiger partial charge in [0.05, 0.1) is 5.92 Å². The maximum absolute atomic E-state index is 14.0. The zero-order valence-electron chi connectivity index (χ0n) is 16.4. The number of rotatable bonds is 5. The summed E-state index contributed by atoms with van der Waals surface area (Å²) in [6.07, 6.45) is 6.69. The second-order valence-electron chi connectivity index (χ2n) is 8.72. The lowest BCUT2D eigenvalue weighted by molar-refractivity contribution is -0.127. The number of piperidine rings is 2. The van der Waals surface area contributed by atoms with Gasteiger partial charge in [0.2, 0.25) is 5.91 Å². The number of nitrogens with zero attached hydrogens (tertiary/aromatic N) is 2. The predicted octanol–water partition coefficient (Wildman–Crippen LogP) is 3.09. The third kappa shape index (κ3) is 4.88. The highest BCUT2D eigenvalue weighted by atomic mass is 19.1. The molecule has 1 N–H and O–H groups in total. The van der Waals surface area contributed by atoms with Crippen LogP contribution in [0.4, 0.5) is 4.39 Å². The van der Waals surface area contributed by atoms with E-state index in [1.165, 1.54) is 0 Å². The summed E-state index contributed by atoms with van der Waals surface area (Å²) >= 11 is 0. The Bertz CT molecular complexity index is 668. The van der Waals surface area contributed by atoms with Crippen LogP contribution in [0, 0.1) is 18.7 Å². The molecule has 27 heavy (non-hydrogen) atoms. The Morgan fingerprint density at radius 3 is 2.67 bits per heavy atom. The van der Waals surface area contributed by atoms with Gasteiger partial charge in [-0.15, -0.1) is 0 Å². The molecule has 1 aliphatic carbocycles. The molecule has 2 aliphatic heterocycles. The van der Waals surface area contributed by atoms with Crippen LogP contribution in [0.5, 0.6) is 0 Å². The van der Waals surface area contributed by atoms with Gasteiger partial charge in [0.1, 0.15) is 5.82 Å². The van der Waals surface area contributed by atoms with Crippen LogP contribution in [0.25, 0.3) is 0 Å². The maximum Gasteiger partial charge on any atom is 0.224 e. The van der Waals surface area contributed by atoms with E-state index in [0.29, 0.717) is 18.6 Å². The van der Waals surface area contributed by atoms with Gasteiger partial charge in [0.15, 0.2) is 0 Å². The summed E-state index contributed by atoms with van der Waals surface area (Å²) in [4.78, 5) is 17.3. The Morgan fingerprint density at radius 2 is 1.93 bits per heavy atom. The first-order valence-electron chi connectivity index (χ1n) is 10.6. The van der Waals surface area contributed by atoms with Crippen LogP contribution in [0.3, 0.4) is 0 Å². The van der Waals surface area contributed by atoms with E-state index in [9.17, 15) is 9.18 Å². The van der Waals surface area contributed by atoms with Crippen molar-refractivity contribution < 1.29 is 9.18 Å². The number of hydrogen-bond donors (Lipinski definition) is 1. The SMILES string of the molecule is Cc1ccc(F)c(CN2CCC(N3CCC[C@@H](C(=O)NC4CC4)C3)CC2)c1. The molecule has 4 nitrogen and oxygen atoms in total. The molecule has 5 heteroatoms. The van der Waals surface area contributed by atoms with Gasteiger partial charge in [0, 0.05) is 30.7 Å². The van der Waals surface area contributed by atoms with E-state index in [-0.39, 0.29) is 17.6 Å². The molecule has 2 heterocycles. The Morgan fingerprint density at radius 1 is 1.15 bits per heavy atom.